The number of hydrogen-bond donors (Lipinski definition) is 2. The highest BCUT2D eigenvalue weighted by atomic mass is 32.1. The van der Waals surface area contributed by atoms with Crippen molar-refractivity contribution >= 4 is 38.8 Å². The fourth-order valence-corrected chi connectivity index (χ4v) is 2.82. The van der Waals surface area contributed by atoms with Gasteiger partial charge in [0.15, 0.2) is 5.13 Å². The van der Waals surface area contributed by atoms with Crippen LogP contribution in [0.4, 0.5) is 10.8 Å². The zero-order chi connectivity index (χ0) is 15.0. The smallest absolute Gasteiger partial charge is 0.276 e. The van der Waals surface area contributed by atoms with E-state index in [1.165, 1.54) is 11.3 Å². The first-order valence-corrected chi connectivity index (χ1v) is 7.31. The molecule has 0 fully saturated rings. The molecule has 0 spiro atoms. The predicted octanol–water partition coefficient (Wildman–Crippen LogP) is 3.14. The van der Waals surface area contributed by atoms with Gasteiger partial charge in [-0.3, -0.25) is 15.1 Å². The number of aromatic nitrogens is 2. The molecule has 2 aromatic heterocycles. The molecule has 0 unspecified atom stereocenters. The topological polar surface area (TPSA) is 80.9 Å². The van der Waals surface area contributed by atoms with Crippen LogP contribution >= 0.6 is 11.3 Å². The molecule has 6 heteroatoms. The number of carbonyl (C=O) groups excluding carboxylic acids is 1. The Hall–Kier alpha value is -2.47. The van der Waals surface area contributed by atoms with Gasteiger partial charge in [0, 0.05) is 28.0 Å². The van der Waals surface area contributed by atoms with Crippen LogP contribution in [0.25, 0.3) is 10.8 Å². The monoisotopic (exact) mass is 298 g/mol. The van der Waals surface area contributed by atoms with E-state index in [0.29, 0.717) is 16.5 Å². The molecule has 21 heavy (non-hydrogen) atoms. The minimum Gasteiger partial charge on any atom is -0.398 e. The first-order valence-electron chi connectivity index (χ1n) is 6.43. The molecular weight excluding hydrogens is 284 g/mol. The third kappa shape index (κ3) is 2.45. The number of rotatable bonds is 2. The fraction of sp³-hybridized carbons (Fsp3) is 0.133. The highest BCUT2D eigenvalue weighted by Crippen LogP contribution is 2.26. The normalized spacial score (nSPS) is 10.8. The van der Waals surface area contributed by atoms with E-state index in [4.69, 9.17) is 5.73 Å². The summed E-state index contributed by atoms with van der Waals surface area (Å²) in [7, 11) is 0. The Balaban J connectivity index is 2.04. The fourth-order valence-electron chi connectivity index (χ4n) is 2.14. The number of anilines is 2. The largest absolute Gasteiger partial charge is 0.398 e. The van der Waals surface area contributed by atoms with Crippen LogP contribution in [0.5, 0.6) is 0 Å². The van der Waals surface area contributed by atoms with E-state index in [1.807, 2.05) is 37.4 Å². The molecule has 0 saturated heterocycles. The minimum absolute atomic E-state index is 0.279. The molecule has 3 aromatic rings. The van der Waals surface area contributed by atoms with Crippen LogP contribution in [0.3, 0.4) is 0 Å². The van der Waals surface area contributed by atoms with Gasteiger partial charge in [0.05, 0.1) is 5.69 Å². The lowest BCUT2D eigenvalue weighted by Crippen LogP contribution is -2.14. The second-order valence-corrected chi connectivity index (χ2v) is 5.66. The summed E-state index contributed by atoms with van der Waals surface area (Å²) in [5.41, 5.74) is 8.96. The van der Waals surface area contributed by atoms with E-state index in [9.17, 15) is 4.79 Å². The van der Waals surface area contributed by atoms with E-state index in [2.05, 4.69) is 15.3 Å². The predicted molar refractivity (Wildman–Crippen MR) is 85.7 cm³/mol. The highest BCUT2D eigenvalue weighted by Gasteiger charge is 2.14. The minimum atomic E-state index is -0.279. The van der Waals surface area contributed by atoms with Crippen molar-refractivity contribution in [3.63, 3.8) is 0 Å². The van der Waals surface area contributed by atoms with Gasteiger partial charge in [-0.05, 0) is 25.5 Å². The Morgan fingerprint density at radius 2 is 2.05 bits per heavy atom. The summed E-state index contributed by atoms with van der Waals surface area (Å²) in [6.07, 6.45) is 1.60. The molecule has 5 nitrogen and oxygen atoms in total. The molecule has 106 valence electrons. The maximum atomic E-state index is 12.4. The number of nitrogens with zero attached hydrogens (tertiary/aromatic N) is 2. The maximum absolute atomic E-state index is 12.4. The van der Waals surface area contributed by atoms with E-state index < -0.39 is 0 Å². The van der Waals surface area contributed by atoms with E-state index >= 15 is 0 Å². The number of aryl methyl sites for hydroxylation is 2. The zero-order valence-electron chi connectivity index (χ0n) is 11.7. The van der Waals surface area contributed by atoms with Crippen LogP contribution in [-0.4, -0.2) is 15.9 Å². The summed E-state index contributed by atoms with van der Waals surface area (Å²) in [5.74, 6) is -0.279. The Labute approximate surface area is 125 Å². The number of carbonyl (C=O) groups is 1. The Morgan fingerprint density at radius 1 is 1.24 bits per heavy atom. The van der Waals surface area contributed by atoms with E-state index in [0.717, 1.165) is 22.0 Å². The lowest BCUT2D eigenvalue weighted by atomic mass is 10.0. The number of benzene rings is 1. The number of amides is 1. The number of nitrogens with one attached hydrogen (secondary N) is 1. The molecule has 1 amide bonds. The molecule has 1 aromatic carbocycles. The van der Waals surface area contributed by atoms with Gasteiger partial charge in [-0.2, -0.15) is 0 Å². The second-order valence-electron chi connectivity index (χ2n) is 4.80. The van der Waals surface area contributed by atoms with Gasteiger partial charge >= 0.3 is 0 Å². The quantitative estimate of drug-likeness (QED) is 0.712. The lowest BCUT2D eigenvalue weighted by molar-refractivity contribution is 0.102. The molecule has 3 rings (SSSR count). The molecule has 3 N–H and O–H groups in total. The molecule has 0 aliphatic rings. The Morgan fingerprint density at radius 3 is 2.76 bits per heavy atom. The molecule has 0 aliphatic carbocycles. The summed E-state index contributed by atoms with van der Waals surface area (Å²) in [6, 6.07) is 5.59. The molecule has 0 atom stereocenters. The van der Waals surface area contributed by atoms with Crippen molar-refractivity contribution in [2.75, 3.05) is 11.1 Å². The number of pyridine rings is 1. The Kier molecular flexibility index (Phi) is 3.31. The SMILES string of the molecule is Cc1csc(NC(=O)c2nccc3c(N)c(C)ccc23)n1. The van der Waals surface area contributed by atoms with Crippen LogP contribution in [0.1, 0.15) is 21.7 Å². The summed E-state index contributed by atoms with van der Waals surface area (Å²) in [6.45, 7) is 3.82. The molecule has 2 heterocycles. The van der Waals surface area contributed by atoms with Gasteiger partial charge in [0.25, 0.3) is 5.91 Å². The first-order chi connectivity index (χ1) is 10.1. The summed E-state index contributed by atoms with van der Waals surface area (Å²) in [5, 5.41) is 6.80. The van der Waals surface area contributed by atoms with Crippen molar-refractivity contribution in [1.29, 1.82) is 0 Å². The summed E-state index contributed by atoms with van der Waals surface area (Å²) >= 11 is 1.39. The van der Waals surface area contributed by atoms with E-state index in [-0.39, 0.29) is 5.91 Å². The van der Waals surface area contributed by atoms with Gasteiger partial charge in [-0.25, -0.2) is 4.98 Å². The molecular formula is C15H14N4OS. The summed E-state index contributed by atoms with van der Waals surface area (Å²) in [4.78, 5) is 20.8. The van der Waals surface area contributed by atoms with Gasteiger partial charge in [-0.15, -0.1) is 11.3 Å². The third-order valence-corrected chi connectivity index (χ3v) is 4.14. The average molecular weight is 298 g/mol. The number of nitrogen functional groups attached to an aromatic ring is 1. The second kappa shape index (κ2) is 5.14. The van der Waals surface area contributed by atoms with Crippen molar-refractivity contribution in [3.05, 3.63) is 46.7 Å². The molecule has 0 bridgehead atoms. The van der Waals surface area contributed by atoms with Gasteiger partial charge in [-0.1, -0.05) is 12.1 Å². The lowest BCUT2D eigenvalue weighted by Gasteiger charge is -2.09. The van der Waals surface area contributed by atoms with Crippen LogP contribution in [0, 0.1) is 13.8 Å². The van der Waals surface area contributed by atoms with Crippen molar-refractivity contribution in [2.45, 2.75) is 13.8 Å². The maximum Gasteiger partial charge on any atom is 0.276 e. The zero-order valence-corrected chi connectivity index (χ0v) is 12.5. The van der Waals surface area contributed by atoms with Gasteiger partial charge < -0.3 is 5.73 Å². The summed E-state index contributed by atoms with van der Waals surface area (Å²) < 4.78 is 0. The van der Waals surface area contributed by atoms with Crippen molar-refractivity contribution in [2.24, 2.45) is 0 Å². The average Bonchev–Trinajstić information content (AvgIpc) is 2.87. The van der Waals surface area contributed by atoms with Gasteiger partial charge in [0.2, 0.25) is 0 Å². The Bertz CT molecular complexity index is 841. The standard InChI is InChI=1S/C15H14N4OS/c1-8-3-4-11-10(12(8)16)5-6-17-13(11)14(20)19-15-18-9(2)7-21-15/h3-7H,16H2,1-2H3,(H,18,19,20). The van der Waals surface area contributed by atoms with Crippen LogP contribution < -0.4 is 11.1 Å². The van der Waals surface area contributed by atoms with Crippen LogP contribution in [0.15, 0.2) is 29.8 Å². The van der Waals surface area contributed by atoms with Crippen molar-refractivity contribution in [3.8, 4) is 0 Å². The van der Waals surface area contributed by atoms with Gasteiger partial charge in [0.1, 0.15) is 5.69 Å². The first kappa shape index (κ1) is 13.5. The number of fused-ring (bicyclic) bond motifs is 1. The highest BCUT2D eigenvalue weighted by molar-refractivity contribution is 7.13. The molecule has 0 aliphatic heterocycles. The van der Waals surface area contributed by atoms with Crippen LogP contribution in [0.2, 0.25) is 0 Å². The number of nitrogens with two attached hydrogens (primary N) is 1. The number of thiazole rings is 1. The van der Waals surface area contributed by atoms with Crippen molar-refractivity contribution < 1.29 is 4.79 Å². The molecule has 0 radical (unpaired) electrons. The van der Waals surface area contributed by atoms with Crippen LogP contribution in [-0.2, 0) is 0 Å². The molecule has 0 saturated carbocycles. The third-order valence-electron chi connectivity index (χ3n) is 3.26. The van der Waals surface area contributed by atoms with Crippen molar-refractivity contribution in [1.82, 2.24) is 9.97 Å². The number of hydrogen-bond acceptors (Lipinski definition) is 5. The van der Waals surface area contributed by atoms with E-state index in [1.54, 1.807) is 6.20 Å².